The number of hydrogen-bond acceptors (Lipinski definition) is 4. The summed E-state index contributed by atoms with van der Waals surface area (Å²) in [5.74, 6) is 0.722. The van der Waals surface area contributed by atoms with Gasteiger partial charge >= 0.3 is 0 Å². The second kappa shape index (κ2) is 4.75. The fourth-order valence-corrected chi connectivity index (χ4v) is 2.65. The number of rotatable bonds is 3. The number of anilines is 1. The van der Waals surface area contributed by atoms with Crippen LogP contribution in [-0.2, 0) is 6.42 Å². The summed E-state index contributed by atoms with van der Waals surface area (Å²) in [5, 5.41) is 1.13. The van der Waals surface area contributed by atoms with E-state index in [2.05, 4.69) is 11.9 Å². The van der Waals surface area contributed by atoms with Crippen LogP contribution in [0.2, 0.25) is 0 Å². The molecule has 0 saturated heterocycles. The zero-order valence-electron chi connectivity index (χ0n) is 10.3. The van der Waals surface area contributed by atoms with E-state index in [9.17, 15) is 0 Å². The maximum absolute atomic E-state index is 5.88. The first-order valence-corrected chi connectivity index (χ1v) is 6.27. The Balaban J connectivity index is 2.21. The smallest absolute Gasteiger partial charge is 0.141 e. The van der Waals surface area contributed by atoms with Gasteiger partial charge in [-0.1, -0.05) is 6.07 Å². The first-order valence-electron chi connectivity index (χ1n) is 5.45. The highest BCUT2D eigenvalue weighted by Gasteiger charge is 2.06. The van der Waals surface area contributed by atoms with Crippen LogP contribution in [0, 0.1) is 13.8 Å². The van der Waals surface area contributed by atoms with Crippen LogP contribution in [0.5, 0.6) is 5.75 Å². The lowest BCUT2D eigenvalue weighted by atomic mass is 10.1. The Kier molecular flexibility index (Phi) is 3.33. The lowest BCUT2D eigenvalue weighted by molar-refractivity contribution is 0.417. The van der Waals surface area contributed by atoms with E-state index in [-0.39, 0.29) is 0 Å². The highest BCUT2D eigenvalue weighted by molar-refractivity contribution is 7.11. The molecule has 0 saturated carbocycles. The van der Waals surface area contributed by atoms with Gasteiger partial charge < -0.3 is 10.5 Å². The number of nitrogens with zero attached hydrogens (tertiary/aromatic N) is 1. The largest absolute Gasteiger partial charge is 0.495 e. The van der Waals surface area contributed by atoms with Crippen molar-refractivity contribution in [2.45, 2.75) is 20.3 Å². The molecule has 0 aliphatic carbocycles. The summed E-state index contributed by atoms with van der Waals surface area (Å²) in [6.07, 6.45) is 0.827. The predicted molar refractivity (Wildman–Crippen MR) is 71.8 cm³/mol. The van der Waals surface area contributed by atoms with Crippen molar-refractivity contribution in [3.63, 3.8) is 0 Å². The lowest BCUT2D eigenvalue weighted by Gasteiger charge is -2.05. The Morgan fingerprint density at radius 1 is 1.35 bits per heavy atom. The number of aryl methyl sites for hydroxylation is 2. The average molecular weight is 248 g/mol. The topological polar surface area (TPSA) is 48.1 Å². The van der Waals surface area contributed by atoms with Crippen molar-refractivity contribution in [3.8, 4) is 5.75 Å². The van der Waals surface area contributed by atoms with Gasteiger partial charge in [0.1, 0.15) is 5.75 Å². The molecule has 0 unspecified atom stereocenters. The first-order chi connectivity index (χ1) is 8.10. The zero-order valence-corrected chi connectivity index (χ0v) is 11.1. The minimum absolute atomic E-state index is 0.676. The number of aromatic nitrogens is 1. The van der Waals surface area contributed by atoms with Gasteiger partial charge in [-0.3, -0.25) is 0 Å². The minimum Gasteiger partial charge on any atom is -0.495 e. The second-order valence-corrected chi connectivity index (χ2v) is 5.29. The minimum atomic E-state index is 0.676. The molecule has 3 nitrogen and oxygen atoms in total. The van der Waals surface area contributed by atoms with E-state index in [0.717, 1.165) is 28.4 Å². The van der Waals surface area contributed by atoms with Crippen molar-refractivity contribution >= 4 is 17.0 Å². The third-order valence-electron chi connectivity index (χ3n) is 2.72. The van der Waals surface area contributed by atoms with E-state index >= 15 is 0 Å². The fourth-order valence-electron chi connectivity index (χ4n) is 1.68. The van der Waals surface area contributed by atoms with Crippen LogP contribution < -0.4 is 10.5 Å². The van der Waals surface area contributed by atoms with Gasteiger partial charge in [0.2, 0.25) is 0 Å². The summed E-state index contributed by atoms with van der Waals surface area (Å²) in [5.41, 5.74) is 8.84. The van der Waals surface area contributed by atoms with Crippen molar-refractivity contribution in [2.75, 3.05) is 12.8 Å². The van der Waals surface area contributed by atoms with Gasteiger partial charge in [-0.05, 0) is 31.5 Å². The highest BCUT2D eigenvalue weighted by Crippen LogP contribution is 2.25. The van der Waals surface area contributed by atoms with Gasteiger partial charge in [0.15, 0.2) is 0 Å². The number of ether oxygens (including phenoxy) is 1. The van der Waals surface area contributed by atoms with E-state index < -0.39 is 0 Å². The fraction of sp³-hybridized carbons (Fsp3) is 0.308. The Morgan fingerprint density at radius 3 is 2.65 bits per heavy atom. The number of hydrogen-bond donors (Lipinski definition) is 1. The van der Waals surface area contributed by atoms with Crippen LogP contribution in [0.3, 0.4) is 0 Å². The van der Waals surface area contributed by atoms with E-state index in [1.807, 2.05) is 25.1 Å². The van der Waals surface area contributed by atoms with Crippen LogP contribution >= 0.6 is 11.3 Å². The van der Waals surface area contributed by atoms with Gasteiger partial charge in [0, 0.05) is 11.3 Å². The summed E-state index contributed by atoms with van der Waals surface area (Å²) in [6, 6.07) is 5.88. The van der Waals surface area contributed by atoms with Crippen LogP contribution in [0.1, 0.15) is 21.1 Å². The molecule has 1 heterocycles. The molecule has 90 valence electrons. The van der Waals surface area contributed by atoms with Gasteiger partial charge in [-0.2, -0.15) is 0 Å². The zero-order chi connectivity index (χ0) is 12.4. The summed E-state index contributed by atoms with van der Waals surface area (Å²) < 4.78 is 5.14. The molecular formula is C13H16N2OS. The Morgan fingerprint density at radius 2 is 2.12 bits per heavy atom. The molecule has 0 fully saturated rings. The summed E-state index contributed by atoms with van der Waals surface area (Å²) in [4.78, 5) is 5.80. The molecule has 2 rings (SSSR count). The van der Waals surface area contributed by atoms with Gasteiger partial charge in [0.05, 0.1) is 23.5 Å². The van der Waals surface area contributed by atoms with Crippen molar-refractivity contribution in [2.24, 2.45) is 0 Å². The number of nitrogen functional groups attached to an aromatic ring is 1. The van der Waals surface area contributed by atoms with Crippen molar-refractivity contribution in [3.05, 3.63) is 39.3 Å². The standard InChI is InChI=1S/C13H16N2OS/c1-8-9(2)17-13(15-8)7-10-4-5-12(16-3)11(14)6-10/h4-6H,7,14H2,1-3H3. The maximum Gasteiger partial charge on any atom is 0.141 e. The SMILES string of the molecule is COc1ccc(Cc2nc(C)c(C)s2)cc1N. The molecule has 0 radical (unpaired) electrons. The lowest BCUT2D eigenvalue weighted by Crippen LogP contribution is -1.95. The van der Waals surface area contributed by atoms with Crippen LogP contribution in [0.15, 0.2) is 18.2 Å². The normalized spacial score (nSPS) is 10.5. The molecular weight excluding hydrogens is 232 g/mol. The Bertz CT molecular complexity index is 515. The third-order valence-corrected chi connectivity index (χ3v) is 3.80. The predicted octanol–water partition coefficient (Wildman–Crippen LogP) is 2.94. The van der Waals surface area contributed by atoms with E-state index in [4.69, 9.17) is 10.5 Å². The number of nitrogens with two attached hydrogens (primary N) is 1. The molecule has 0 aliphatic heterocycles. The van der Waals surface area contributed by atoms with Gasteiger partial charge in [-0.25, -0.2) is 4.98 Å². The van der Waals surface area contributed by atoms with Crippen molar-refractivity contribution < 1.29 is 4.74 Å². The van der Waals surface area contributed by atoms with E-state index in [1.165, 1.54) is 4.88 Å². The van der Waals surface area contributed by atoms with E-state index in [1.54, 1.807) is 18.4 Å². The first kappa shape index (κ1) is 11.9. The van der Waals surface area contributed by atoms with Crippen LogP contribution in [0.25, 0.3) is 0 Å². The average Bonchev–Trinajstić information content (AvgIpc) is 2.58. The molecule has 2 aromatic rings. The molecule has 4 heteroatoms. The number of benzene rings is 1. The van der Waals surface area contributed by atoms with Crippen LogP contribution in [0.4, 0.5) is 5.69 Å². The molecule has 0 amide bonds. The van der Waals surface area contributed by atoms with E-state index in [0.29, 0.717) is 5.69 Å². The number of thiazole rings is 1. The summed E-state index contributed by atoms with van der Waals surface area (Å²) in [7, 11) is 1.62. The molecule has 1 aromatic heterocycles. The summed E-state index contributed by atoms with van der Waals surface area (Å²) in [6.45, 7) is 4.14. The summed E-state index contributed by atoms with van der Waals surface area (Å²) >= 11 is 1.74. The highest BCUT2D eigenvalue weighted by atomic mass is 32.1. The monoisotopic (exact) mass is 248 g/mol. The molecule has 0 spiro atoms. The molecule has 0 bridgehead atoms. The number of methoxy groups -OCH3 is 1. The maximum atomic E-state index is 5.88. The Hall–Kier alpha value is -1.55. The quantitative estimate of drug-likeness (QED) is 0.850. The third kappa shape index (κ3) is 2.58. The van der Waals surface area contributed by atoms with Crippen LogP contribution in [-0.4, -0.2) is 12.1 Å². The van der Waals surface area contributed by atoms with Crippen molar-refractivity contribution in [1.82, 2.24) is 4.98 Å². The molecule has 2 N–H and O–H groups in total. The molecule has 0 aliphatic rings. The van der Waals surface area contributed by atoms with Crippen molar-refractivity contribution in [1.29, 1.82) is 0 Å². The molecule has 0 atom stereocenters. The second-order valence-electron chi connectivity index (χ2n) is 4.00. The molecule has 1 aromatic carbocycles. The van der Waals surface area contributed by atoms with Gasteiger partial charge in [-0.15, -0.1) is 11.3 Å². The molecule has 17 heavy (non-hydrogen) atoms. The Labute approximate surface area is 105 Å². The van der Waals surface area contributed by atoms with Gasteiger partial charge in [0.25, 0.3) is 0 Å².